The van der Waals surface area contributed by atoms with Crippen molar-refractivity contribution in [3.05, 3.63) is 23.8 Å². The maximum atomic E-state index is 12.6. The topological polar surface area (TPSA) is 81.8 Å². The summed E-state index contributed by atoms with van der Waals surface area (Å²) in [7, 11) is 1.54. The van der Waals surface area contributed by atoms with Crippen LogP contribution in [0.2, 0.25) is 0 Å². The van der Waals surface area contributed by atoms with Gasteiger partial charge in [0.2, 0.25) is 11.8 Å². The Balaban J connectivity index is 1.85. The molecule has 0 spiro atoms. The lowest BCUT2D eigenvalue weighted by Gasteiger charge is -2.33. The molecule has 1 aromatic rings. The molecule has 7 nitrogen and oxygen atoms in total. The smallest absolute Gasteiger partial charge is 0.254 e. The molecule has 3 rings (SSSR count). The Morgan fingerprint density at radius 1 is 1.42 bits per heavy atom. The second-order valence-electron chi connectivity index (χ2n) is 6.07. The summed E-state index contributed by atoms with van der Waals surface area (Å²) in [5, 5.41) is 5.43. The van der Waals surface area contributed by atoms with E-state index in [0.717, 1.165) is 25.1 Å². The first kappa shape index (κ1) is 16.3. The zero-order valence-electron chi connectivity index (χ0n) is 14.0. The van der Waals surface area contributed by atoms with Crippen molar-refractivity contribution in [3.8, 4) is 0 Å². The number of amides is 3. The van der Waals surface area contributed by atoms with Crippen LogP contribution in [0.25, 0.3) is 0 Å². The number of nitrogens with zero attached hydrogens (tertiary/aromatic N) is 2. The zero-order chi connectivity index (χ0) is 17.3. The van der Waals surface area contributed by atoms with Crippen LogP contribution in [-0.2, 0) is 9.59 Å². The number of hydrogen-bond acceptors (Lipinski definition) is 4. The maximum absolute atomic E-state index is 12.6. The molecular weight excluding hydrogens is 308 g/mol. The number of benzene rings is 1. The first-order valence-corrected chi connectivity index (χ1v) is 8.26. The Morgan fingerprint density at radius 3 is 2.92 bits per heavy atom. The molecule has 24 heavy (non-hydrogen) atoms. The lowest BCUT2D eigenvalue weighted by Crippen LogP contribution is -2.44. The Morgan fingerprint density at radius 2 is 2.21 bits per heavy atom. The highest BCUT2D eigenvalue weighted by molar-refractivity contribution is 6.06. The van der Waals surface area contributed by atoms with Crippen LogP contribution >= 0.6 is 0 Å². The highest BCUT2D eigenvalue weighted by Crippen LogP contribution is 2.37. The number of carbonyl (C=O) groups is 3. The van der Waals surface area contributed by atoms with Crippen LogP contribution in [0.1, 0.15) is 30.1 Å². The van der Waals surface area contributed by atoms with Crippen molar-refractivity contribution in [2.75, 3.05) is 36.9 Å². The van der Waals surface area contributed by atoms with Gasteiger partial charge in [-0.2, -0.15) is 0 Å². The second kappa shape index (κ2) is 6.51. The molecule has 0 radical (unpaired) electrons. The lowest BCUT2D eigenvalue weighted by atomic mass is 10.1. The average molecular weight is 330 g/mol. The molecule has 2 aliphatic rings. The predicted molar refractivity (Wildman–Crippen MR) is 91.1 cm³/mol. The van der Waals surface area contributed by atoms with Crippen LogP contribution in [0.4, 0.5) is 11.4 Å². The van der Waals surface area contributed by atoms with Gasteiger partial charge in [-0.3, -0.25) is 14.4 Å². The van der Waals surface area contributed by atoms with E-state index in [-0.39, 0.29) is 30.3 Å². The van der Waals surface area contributed by atoms with Gasteiger partial charge in [-0.1, -0.05) is 0 Å². The molecule has 7 heteroatoms. The molecule has 1 aromatic carbocycles. The standard InChI is InChI=1S/C17H22N4O3/c1-3-20(10-15(22)18-2)17(24)11-6-7-13-12(9-11)19-16(23)14-5-4-8-21(13)14/h6-7,9,14H,3-5,8,10H2,1-2H3,(H,18,22)(H,19,23). The molecule has 128 valence electrons. The summed E-state index contributed by atoms with van der Waals surface area (Å²) >= 11 is 0. The molecule has 0 bridgehead atoms. The number of rotatable bonds is 4. The molecule has 0 aliphatic carbocycles. The minimum atomic E-state index is -0.221. The maximum Gasteiger partial charge on any atom is 0.254 e. The summed E-state index contributed by atoms with van der Waals surface area (Å²) in [6.45, 7) is 3.14. The van der Waals surface area contributed by atoms with Crippen LogP contribution < -0.4 is 15.5 Å². The molecule has 1 atom stereocenters. The quantitative estimate of drug-likeness (QED) is 0.856. The van der Waals surface area contributed by atoms with E-state index in [1.807, 2.05) is 13.0 Å². The summed E-state index contributed by atoms with van der Waals surface area (Å²) in [5.41, 5.74) is 2.10. The number of likely N-dealkylation sites (N-methyl/N-ethyl adjacent to an activating group) is 2. The van der Waals surface area contributed by atoms with Gasteiger partial charge < -0.3 is 20.4 Å². The van der Waals surface area contributed by atoms with Crippen molar-refractivity contribution < 1.29 is 14.4 Å². The van der Waals surface area contributed by atoms with Gasteiger partial charge >= 0.3 is 0 Å². The molecule has 1 saturated heterocycles. The van der Waals surface area contributed by atoms with Gasteiger partial charge in [-0.05, 0) is 38.0 Å². The van der Waals surface area contributed by atoms with Crippen molar-refractivity contribution in [1.29, 1.82) is 0 Å². The van der Waals surface area contributed by atoms with Crippen molar-refractivity contribution >= 4 is 29.1 Å². The van der Waals surface area contributed by atoms with Gasteiger partial charge in [-0.15, -0.1) is 0 Å². The number of fused-ring (bicyclic) bond motifs is 3. The third-order valence-corrected chi connectivity index (χ3v) is 4.65. The first-order valence-electron chi connectivity index (χ1n) is 8.26. The van der Waals surface area contributed by atoms with Gasteiger partial charge in [0.25, 0.3) is 5.91 Å². The second-order valence-corrected chi connectivity index (χ2v) is 6.07. The zero-order valence-corrected chi connectivity index (χ0v) is 14.0. The van der Waals surface area contributed by atoms with Gasteiger partial charge in [0, 0.05) is 25.7 Å². The van der Waals surface area contributed by atoms with E-state index in [1.165, 1.54) is 4.90 Å². The van der Waals surface area contributed by atoms with E-state index in [1.54, 1.807) is 19.2 Å². The van der Waals surface area contributed by atoms with Gasteiger partial charge in [0.1, 0.15) is 6.04 Å². The van der Waals surface area contributed by atoms with E-state index in [0.29, 0.717) is 17.8 Å². The monoisotopic (exact) mass is 330 g/mol. The Labute approximate surface area is 141 Å². The normalized spacial score (nSPS) is 18.5. The van der Waals surface area contributed by atoms with Crippen molar-refractivity contribution in [3.63, 3.8) is 0 Å². The molecule has 2 heterocycles. The fourth-order valence-electron chi connectivity index (χ4n) is 3.33. The fourth-order valence-corrected chi connectivity index (χ4v) is 3.33. The van der Waals surface area contributed by atoms with E-state index >= 15 is 0 Å². The molecular formula is C17H22N4O3. The van der Waals surface area contributed by atoms with E-state index in [9.17, 15) is 14.4 Å². The molecule has 2 aliphatic heterocycles. The molecule has 1 unspecified atom stereocenters. The van der Waals surface area contributed by atoms with Gasteiger partial charge in [0.05, 0.1) is 17.9 Å². The SMILES string of the molecule is CCN(CC(=O)NC)C(=O)c1ccc2c(c1)NC(=O)C1CCCN21. The number of hydrogen-bond donors (Lipinski definition) is 2. The Bertz CT molecular complexity index is 688. The first-order chi connectivity index (χ1) is 11.5. The summed E-state index contributed by atoms with van der Waals surface area (Å²) in [6, 6.07) is 5.25. The average Bonchev–Trinajstić information content (AvgIpc) is 3.09. The van der Waals surface area contributed by atoms with Crippen molar-refractivity contribution in [2.24, 2.45) is 0 Å². The Hall–Kier alpha value is -2.57. The van der Waals surface area contributed by atoms with Crippen LogP contribution in [0.5, 0.6) is 0 Å². The lowest BCUT2D eigenvalue weighted by molar-refractivity contribution is -0.121. The molecule has 3 amide bonds. The number of anilines is 2. The third kappa shape index (κ3) is 2.81. The van der Waals surface area contributed by atoms with Crippen molar-refractivity contribution in [1.82, 2.24) is 10.2 Å². The van der Waals surface area contributed by atoms with Crippen LogP contribution in [0, 0.1) is 0 Å². The molecule has 2 N–H and O–H groups in total. The number of carbonyl (C=O) groups excluding carboxylic acids is 3. The summed E-state index contributed by atoms with van der Waals surface area (Å²) < 4.78 is 0. The molecule has 1 fully saturated rings. The third-order valence-electron chi connectivity index (χ3n) is 4.65. The van der Waals surface area contributed by atoms with Crippen molar-refractivity contribution in [2.45, 2.75) is 25.8 Å². The predicted octanol–water partition coefficient (Wildman–Crippen LogP) is 0.816. The summed E-state index contributed by atoms with van der Waals surface area (Å²) in [6.07, 6.45) is 1.86. The number of nitrogens with one attached hydrogen (secondary N) is 2. The summed E-state index contributed by atoms with van der Waals surface area (Å²) in [5.74, 6) is -0.444. The minimum absolute atomic E-state index is 0.0118. The van der Waals surface area contributed by atoms with Crippen LogP contribution in [-0.4, -0.2) is 55.3 Å². The summed E-state index contributed by atoms with van der Waals surface area (Å²) in [4.78, 5) is 40.0. The molecule has 0 saturated carbocycles. The van der Waals surface area contributed by atoms with E-state index < -0.39 is 0 Å². The highest BCUT2D eigenvalue weighted by Gasteiger charge is 2.36. The highest BCUT2D eigenvalue weighted by atomic mass is 16.2. The van der Waals surface area contributed by atoms with Crippen LogP contribution in [0.3, 0.4) is 0 Å². The van der Waals surface area contributed by atoms with Gasteiger partial charge in [0.15, 0.2) is 0 Å². The largest absolute Gasteiger partial charge is 0.358 e. The van der Waals surface area contributed by atoms with E-state index in [4.69, 9.17) is 0 Å². The Kier molecular flexibility index (Phi) is 4.42. The fraction of sp³-hybridized carbons (Fsp3) is 0.471. The van der Waals surface area contributed by atoms with Gasteiger partial charge in [-0.25, -0.2) is 0 Å². The van der Waals surface area contributed by atoms with E-state index in [2.05, 4.69) is 15.5 Å². The van der Waals surface area contributed by atoms with Crippen LogP contribution in [0.15, 0.2) is 18.2 Å². The molecule has 0 aromatic heterocycles. The minimum Gasteiger partial charge on any atom is -0.358 e.